The minimum Gasteiger partial charge on any atom is -0.341 e. The Kier molecular flexibility index (Phi) is 2.98. The molecule has 96 valence electrons. The van der Waals surface area contributed by atoms with Crippen molar-refractivity contribution in [2.24, 2.45) is 0 Å². The highest BCUT2D eigenvalue weighted by Crippen LogP contribution is 2.38. The number of non-ortho nitro benzene ring substituents is 1. The molecule has 0 saturated carbocycles. The summed E-state index contributed by atoms with van der Waals surface area (Å²) in [6.45, 7) is 0.899. The van der Waals surface area contributed by atoms with Gasteiger partial charge in [-0.05, 0) is 36.2 Å². The van der Waals surface area contributed by atoms with Crippen LogP contribution in [0, 0.1) is 10.1 Å². The van der Waals surface area contributed by atoms with E-state index in [-0.39, 0.29) is 10.6 Å². The molecule has 0 bridgehead atoms. The van der Waals surface area contributed by atoms with Crippen molar-refractivity contribution in [3.8, 4) is 0 Å². The van der Waals surface area contributed by atoms with E-state index in [0.29, 0.717) is 0 Å². The summed E-state index contributed by atoms with van der Waals surface area (Å²) >= 11 is 3.56. The second-order valence-corrected chi connectivity index (χ2v) is 5.27. The van der Waals surface area contributed by atoms with E-state index in [9.17, 15) is 10.1 Å². The van der Waals surface area contributed by atoms with Gasteiger partial charge in [-0.2, -0.15) is 0 Å². The molecule has 0 unspecified atom stereocenters. The molecule has 5 heteroatoms. The Morgan fingerprint density at radius 3 is 2.58 bits per heavy atom. The summed E-state index contributed by atoms with van der Waals surface area (Å²) in [6, 6.07) is 12.8. The van der Waals surface area contributed by atoms with Crippen LogP contribution < -0.4 is 4.90 Å². The lowest BCUT2D eigenvalue weighted by Crippen LogP contribution is -2.12. The van der Waals surface area contributed by atoms with E-state index in [1.807, 2.05) is 12.1 Å². The Hall–Kier alpha value is -1.88. The number of anilines is 2. The molecule has 1 heterocycles. The summed E-state index contributed by atoms with van der Waals surface area (Å²) < 4.78 is 1.12. The van der Waals surface area contributed by atoms with Crippen molar-refractivity contribution < 1.29 is 4.92 Å². The van der Waals surface area contributed by atoms with Gasteiger partial charge in [0.25, 0.3) is 5.69 Å². The van der Waals surface area contributed by atoms with Crippen LogP contribution in [0.4, 0.5) is 17.1 Å². The minimum absolute atomic E-state index is 0.123. The molecule has 0 atom stereocenters. The number of hydrogen-bond donors (Lipinski definition) is 0. The Labute approximate surface area is 118 Å². The topological polar surface area (TPSA) is 46.4 Å². The lowest BCUT2D eigenvalue weighted by molar-refractivity contribution is -0.384. The standard InChI is InChI=1S/C14H11BrN2O2/c15-13-2-1-3-14-12(13)8-9-16(14)10-4-6-11(7-5-10)17(18)19/h1-7H,8-9H2. The predicted octanol–water partition coefficient (Wildman–Crippen LogP) is 4.05. The van der Waals surface area contributed by atoms with Gasteiger partial charge in [0.2, 0.25) is 0 Å². The lowest BCUT2D eigenvalue weighted by Gasteiger charge is -2.19. The largest absolute Gasteiger partial charge is 0.341 e. The number of benzene rings is 2. The fourth-order valence-corrected chi connectivity index (χ4v) is 2.97. The third-order valence-electron chi connectivity index (χ3n) is 3.34. The smallest absolute Gasteiger partial charge is 0.269 e. The summed E-state index contributed by atoms with van der Waals surface area (Å²) in [7, 11) is 0. The molecular weight excluding hydrogens is 308 g/mol. The molecular formula is C14H11BrN2O2. The van der Waals surface area contributed by atoms with Crippen LogP contribution in [0.5, 0.6) is 0 Å². The van der Waals surface area contributed by atoms with Crippen molar-refractivity contribution in [2.75, 3.05) is 11.4 Å². The van der Waals surface area contributed by atoms with Crippen LogP contribution in [-0.2, 0) is 6.42 Å². The lowest BCUT2D eigenvalue weighted by atomic mass is 10.2. The first-order chi connectivity index (χ1) is 9.16. The molecule has 0 amide bonds. The Morgan fingerprint density at radius 2 is 1.89 bits per heavy atom. The van der Waals surface area contributed by atoms with Crippen LogP contribution in [0.25, 0.3) is 0 Å². The van der Waals surface area contributed by atoms with Gasteiger partial charge >= 0.3 is 0 Å². The van der Waals surface area contributed by atoms with Crippen molar-refractivity contribution in [3.63, 3.8) is 0 Å². The summed E-state index contributed by atoms with van der Waals surface area (Å²) in [4.78, 5) is 12.5. The molecule has 0 spiro atoms. The molecule has 0 fully saturated rings. The van der Waals surface area contributed by atoms with Gasteiger partial charge in [0, 0.05) is 34.5 Å². The second kappa shape index (κ2) is 4.66. The number of hydrogen-bond acceptors (Lipinski definition) is 3. The predicted molar refractivity (Wildman–Crippen MR) is 77.9 cm³/mol. The van der Waals surface area contributed by atoms with Gasteiger partial charge in [0.05, 0.1) is 4.92 Å². The molecule has 4 nitrogen and oxygen atoms in total. The number of halogens is 1. The van der Waals surface area contributed by atoms with E-state index < -0.39 is 0 Å². The highest BCUT2D eigenvalue weighted by Gasteiger charge is 2.22. The molecule has 19 heavy (non-hydrogen) atoms. The second-order valence-electron chi connectivity index (χ2n) is 4.41. The van der Waals surface area contributed by atoms with E-state index in [2.05, 4.69) is 26.9 Å². The molecule has 0 aliphatic carbocycles. The van der Waals surface area contributed by atoms with Gasteiger partial charge in [-0.15, -0.1) is 0 Å². The maximum atomic E-state index is 10.7. The van der Waals surface area contributed by atoms with Gasteiger partial charge in [0.1, 0.15) is 0 Å². The molecule has 0 aromatic heterocycles. The number of nitro benzene ring substituents is 1. The number of nitro groups is 1. The molecule has 2 aromatic carbocycles. The van der Waals surface area contributed by atoms with Crippen molar-refractivity contribution in [3.05, 3.63) is 62.6 Å². The number of fused-ring (bicyclic) bond motifs is 1. The van der Waals surface area contributed by atoms with E-state index in [1.54, 1.807) is 24.3 Å². The third kappa shape index (κ3) is 2.10. The van der Waals surface area contributed by atoms with E-state index in [4.69, 9.17) is 0 Å². The van der Waals surface area contributed by atoms with Crippen LogP contribution in [0.15, 0.2) is 46.9 Å². The van der Waals surface area contributed by atoms with Gasteiger partial charge in [-0.1, -0.05) is 22.0 Å². The molecule has 2 aromatic rings. The Balaban J connectivity index is 1.97. The first kappa shape index (κ1) is 12.2. The zero-order chi connectivity index (χ0) is 13.4. The van der Waals surface area contributed by atoms with E-state index in [1.165, 1.54) is 11.3 Å². The fraction of sp³-hybridized carbons (Fsp3) is 0.143. The van der Waals surface area contributed by atoms with Gasteiger partial charge in [-0.25, -0.2) is 0 Å². The van der Waals surface area contributed by atoms with E-state index in [0.717, 1.165) is 23.1 Å². The van der Waals surface area contributed by atoms with Crippen LogP contribution in [-0.4, -0.2) is 11.5 Å². The molecule has 3 rings (SSSR count). The normalized spacial score (nSPS) is 13.4. The SMILES string of the molecule is O=[N+]([O-])c1ccc(N2CCc3c(Br)cccc32)cc1. The quantitative estimate of drug-likeness (QED) is 0.620. The monoisotopic (exact) mass is 318 g/mol. The highest BCUT2D eigenvalue weighted by molar-refractivity contribution is 9.10. The zero-order valence-electron chi connectivity index (χ0n) is 10.0. The van der Waals surface area contributed by atoms with Crippen LogP contribution >= 0.6 is 15.9 Å². The maximum Gasteiger partial charge on any atom is 0.269 e. The molecule has 0 radical (unpaired) electrons. The summed E-state index contributed by atoms with van der Waals surface area (Å²) in [5.74, 6) is 0. The average molecular weight is 319 g/mol. The highest BCUT2D eigenvalue weighted by atomic mass is 79.9. The number of nitrogens with zero attached hydrogens (tertiary/aromatic N) is 2. The summed E-state index contributed by atoms with van der Waals surface area (Å²) in [5.41, 5.74) is 3.57. The van der Waals surface area contributed by atoms with E-state index >= 15 is 0 Å². The maximum absolute atomic E-state index is 10.7. The average Bonchev–Trinajstić information content (AvgIpc) is 2.84. The summed E-state index contributed by atoms with van der Waals surface area (Å²) in [5, 5.41) is 10.7. The van der Waals surface area contributed by atoms with Crippen molar-refractivity contribution in [1.82, 2.24) is 0 Å². The first-order valence-electron chi connectivity index (χ1n) is 5.96. The molecule has 0 N–H and O–H groups in total. The van der Waals surface area contributed by atoms with Crippen LogP contribution in [0.1, 0.15) is 5.56 Å². The molecule has 1 aliphatic rings. The van der Waals surface area contributed by atoms with Gasteiger partial charge in [0.15, 0.2) is 0 Å². The number of rotatable bonds is 2. The minimum atomic E-state index is -0.377. The van der Waals surface area contributed by atoms with Gasteiger partial charge in [-0.3, -0.25) is 10.1 Å². The molecule has 0 saturated heterocycles. The zero-order valence-corrected chi connectivity index (χ0v) is 11.6. The van der Waals surface area contributed by atoms with Crippen LogP contribution in [0.3, 0.4) is 0 Å². The Bertz CT molecular complexity index is 640. The van der Waals surface area contributed by atoms with Crippen molar-refractivity contribution in [2.45, 2.75) is 6.42 Å². The summed E-state index contributed by atoms with van der Waals surface area (Å²) in [6.07, 6.45) is 0.980. The molecule has 1 aliphatic heterocycles. The van der Waals surface area contributed by atoms with Crippen molar-refractivity contribution >= 4 is 33.0 Å². The van der Waals surface area contributed by atoms with Crippen molar-refractivity contribution in [1.29, 1.82) is 0 Å². The first-order valence-corrected chi connectivity index (χ1v) is 6.75. The Morgan fingerprint density at radius 1 is 1.16 bits per heavy atom. The van der Waals surface area contributed by atoms with Gasteiger partial charge < -0.3 is 4.90 Å². The fourth-order valence-electron chi connectivity index (χ4n) is 2.41. The van der Waals surface area contributed by atoms with Crippen LogP contribution in [0.2, 0.25) is 0 Å². The third-order valence-corrected chi connectivity index (χ3v) is 4.09.